The van der Waals surface area contributed by atoms with Crippen LogP contribution >= 0.6 is 0 Å². The van der Waals surface area contributed by atoms with Crippen LogP contribution < -0.4 is 4.74 Å². The van der Waals surface area contributed by atoms with Gasteiger partial charge >= 0.3 is 0 Å². The normalized spacial score (nSPS) is 22.2. The molecule has 19 heteroatoms. The van der Waals surface area contributed by atoms with Crippen LogP contribution in [0.3, 0.4) is 0 Å². The smallest absolute Gasteiger partial charge is 0.119 e. The SMILES string of the molecule is C.C.CCC1(COCC(C)(C)COCC2(CC)COC2)COC1.CCC1(COCC2(CC)COC2)COC1.CCC1(COCCCCOCC2(CC)COC2)COC1.CCC1(COCCOCC2(CC)COC2)COC1.CCC1(COCc2ccccc2)COC1.CCC1(COc2ccccc2)COC1. The topological polar surface area (TPSA) is 175 Å². The highest BCUT2D eigenvalue weighted by Gasteiger charge is 2.45. The minimum absolute atomic E-state index is 0. The molecule has 10 heterocycles. The van der Waals surface area contributed by atoms with Crippen LogP contribution in [-0.2, 0) is 91.9 Å². The molecule has 0 N–H and O–H groups in total. The Labute approximate surface area is 638 Å². The summed E-state index contributed by atoms with van der Waals surface area (Å²) < 4.78 is 105. The van der Waals surface area contributed by atoms with Crippen molar-refractivity contribution in [2.45, 2.75) is 182 Å². The number of unbranched alkanes of at least 4 members (excludes halogenated alkanes) is 1. The van der Waals surface area contributed by atoms with E-state index in [1.54, 1.807) is 0 Å². The summed E-state index contributed by atoms with van der Waals surface area (Å²) in [5.41, 5.74) is 4.24. The van der Waals surface area contributed by atoms with Crippen LogP contribution in [0.1, 0.15) is 181 Å². The second-order valence-electron chi connectivity index (χ2n) is 33.6. The van der Waals surface area contributed by atoms with Crippen molar-refractivity contribution in [2.24, 2.45) is 59.6 Å². The number of ether oxygens (including phenoxy) is 19. The van der Waals surface area contributed by atoms with Crippen LogP contribution in [0.5, 0.6) is 5.75 Å². The van der Waals surface area contributed by atoms with E-state index in [9.17, 15) is 0 Å². The molecule has 0 radical (unpaired) electrons. The van der Waals surface area contributed by atoms with Crippen molar-refractivity contribution in [1.82, 2.24) is 0 Å². The zero-order valence-corrected chi connectivity index (χ0v) is 66.7. The Morgan fingerprint density at radius 3 is 0.733 bits per heavy atom. The van der Waals surface area contributed by atoms with E-state index in [4.69, 9.17) is 90.0 Å². The second-order valence-corrected chi connectivity index (χ2v) is 33.6. The average Bonchev–Trinajstić information content (AvgIpc) is 0.816. The van der Waals surface area contributed by atoms with Crippen LogP contribution in [0.15, 0.2) is 60.7 Å². The van der Waals surface area contributed by atoms with Gasteiger partial charge in [0.15, 0.2) is 0 Å². The van der Waals surface area contributed by atoms with E-state index in [1.165, 1.54) is 5.56 Å². The van der Waals surface area contributed by atoms with Gasteiger partial charge in [0.1, 0.15) is 5.75 Å². The maximum Gasteiger partial charge on any atom is 0.119 e. The maximum absolute atomic E-state index is 5.96. The number of benzene rings is 2. The highest BCUT2D eigenvalue weighted by molar-refractivity contribution is 5.21. The third kappa shape index (κ3) is 29.5. The molecular weight excluding hydrogens is 1340 g/mol. The zero-order chi connectivity index (χ0) is 73.8. The van der Waals surface area contributed by atoms with E-state index in [1.807, 2.05) is 48.5 Å². The Morgan fingerprint density at radius 1 is 0.267 bits per heavy atom. The minimum atomic E-state index is 0. The van der Waals surface area contributed by atoms with Crippen molar-refractivity contribution in [2.75, 3.05) is 238 Å². The van der Waals surface area contributed by atoms with E-state index in [2.05, 4.69) is 95.2 Å². The first kappa shape index (κ1) is 93.1. The van der Waals surface area contributed by atoms with Crippen LogP contribution in [0.4, 0.5) is 0 Å². The molecule has 10 aliphatic rings. The summed E-state index contributed by atoms with van der Waals surface area (Å²) >= 11 is 0. The van der Waals surface area contributed by atoms with E-state index < -0.39 is 0 Å². The molecular formula is C86H152O19. The van der Waals surface area contributed by atoms with Crippen molar-refractivity contribution in [3.8, 4) is 5.75 Å². The molecule has 19 nitrogen and oxygen atoms in total. The molecule has 2 aromatic carbocycles. The minimum Gasteiger partial charge on any atom is -0.493 e. The van der Waals surface area contributed by atoms with Crippen molar-refractivity contribution in [1.29, 1.82) is 0 Å². The molecule has 610 valence electrons. The van der Waals surface area contributed by atoms with Gasteiger partial charge in [0.25, 0.3) is 0 Å². The van der Waals surface area contributed by atoms with E-state index in [0.717, 1.165) is 307 Å². The van der Waals surface area contributed by atoms with Gasteiger partial charge in [0, 0.05) is 67.4 Å². The number of para-hydroxylation sites is 1. The van der Waals surface area contributed by atoms with Crippen molar-refractivity contribution >= 4 is 0 Å². The highest BCUT2D eigenvalue weighted by atomic mass is 16.6. The lowest BCUT2D eigenvalue weighted by Gasteiger charge is -2.44. The van der Waals surface area contributed by atoms with E-state index in [-0.39, 0.29) is 47.3 Å². The van der Waals surface area contributed by atoms with Gasteiger partial charge in [0.2, 0.25) is 0 Å². The summed E-state index contributed by atoms with van der Waals surface area (Å²) in [5.74, 6) is 0.951. The number of hydrogen-bond donors (Lipinski definition) is 0. The molecule has 10 aliphatic heterocycles. The summed E-state index contributed by atoms with van der Waals surface area (Å²) in [6, 6.07) is 20.3. The Morgan fingerprint density at radius 2 is 0.486 bits per heavy atom. The van der Waals surface area contributed by atoms with Gasteiger partial charge in [-0.2, -0.15) is 0 Å². The molecule has 0 atom stereocenters. The van der Waals surface area contributed by atoms with Crippen molar-refractivity contribution < 1.29 is 90.0 Å². The molecule has 10 fully saturated rings. The summed E-state index contributed by atoms with van der Waals surface area (Å²) in [6.45, 7) is 57.1. The first-order valence-corrected chi connectivity index (χ1v) is 40.0. The maximum atomic E-state index is 5.96. The van der Waals surface area contributed by atoms with Gasteiger partial charge in [-0.1, -0.05) is 146 Å². The summed E-state index contributed by atoms with van der Waals surface area (Å²) in [4.78, 5) is 0. The molecule has 105 heavy (non-hydrogen) atoms. The fourth-order valence-corrected chi connectivity index (χ4v) is 12.8. The average molecular weight is 1490 g/mol. The monoisotopic (exact) mass is 1490 g/mol. The van der Waals surface area contributed by atoms with Gasteiger partial charge in [-0.05, 0) is 94.7 Å². The highest BCUT2D eigenvalue weighted by Crippen LogP contribution is 2.39. The summed E-state index contributed by atoms with van der Waals surface area (Å²) in [6.07, 6.45) is 13.5. The third-order valence-corrected chi connectivity index (χ3v) is 23.9. The Bertz CT molecular complexity index is 2340. The Balaban J connectivity index is 0.000000227. The van der Waals surface area contributed by atoms with Crippen LogP contribution in [0.25, 0.3) is 0 Å². The lowest BCUT2D eigenvalue weighted by molar-refractivity contribution is -0.187. The lowest BCUT2D eigenvalue weighted by atomic mass is 9.83. The van der Waals surface area contributed by atoms with E-state index >= 15 is 0 Å². The third-order valence-electron chi connectivity index (χ3n) is 23.9. The molecule has 0 bridgehead atoms. The molecule has 0 aliphatic carbocycles. The lowest BCUT2D eigenvalue weighted by Crippen LogP contribution is -2.49. The fourth-order valence-electron chi connectivity index (χ4n) is 12.8. The Kier molecular flexibility index (Phi) is 41.8. The Hall–Kier alpha value is -2.48. The first-order chi connectivity index (χ1) is 49.9. The quantitative estimate of drug-likeness (QED) is 0.0572. The molecule has 12 rings (SSSR count). The summed E-state index contributed by atoms with van der Waals surface area (Å²) in [5, 5.41) is 0. The van der Waals surface area contributed by atoms with Crippen LogP contribution in [0.2, 0.25) is 0 Å². The molecule has 0 aromatic heterocycles. The van der Waals surface area contributed by atoms with Gasteiger partial charge in [0.05, 0.1) is 237 Å². The second kappa shape index (κ2) is 47.1. The first-order valence-electron chi connectivity index (χ1n) is 40.0. The molecule has 10 saturated heterocycles. The van der Waals surface area contributed by atoms with Crippen molar-refractivity contribution in [3.05, 3.63) is 66.2 Å². The molecule has 0 saturated carbocycles. The molecule has 0 amide bonds. The predicted octanol–water partition coefficient (Wildman–Crippen LogP) is 15.7. The zero-order valence-electron chi connectivity index (χ0n) is 66.7. The molecule has 0 spiro atoms. The van der Waals surface area contributed by atoms with Gasteiger partial charge < -0.3 is 90.0 Å². The standard InChI is InChI=1S/C17H32O4.C16H30O4.C14H26O4.C13H18O2.C12H22O3.C12H16O2.2CH4/c1-5-16(11-20-12-16)9-18-7-15(3,4)8-19-10-17(6-2)13-21-14-17;1-3-15(11-19-12-15)9-17-7-5-6-8-18-10-16(4-2)13-20-14-16;1-3-13(9-17-10-13)7-15-5-6-16-8-14(4-2)11-18-12-14;1-2-13(10-15-11-13)9-14-8-12-6-4-3-5-7-12;1-3-11(5-13-6-11)9-15-10-12(4-2)7-14-8-12;1-2-12(8-13-9-12)10-14-11-6-4-3-5-7-11;;/h5-14H2,1-4H3;3-14H2,1-2H3;3-12H2,1-2H3;3-7H,2,8-11H2,1H3;3-10H2,1-2H3;3-7H,2,8-10H2,1H3;2*1H4. The van der Waals surface area contributed by atoms with Crippen LogP contribution in [-0.4, -0.2) is 238 Å². The number of hydrogen-bond acceptors (Lipinski definition) is 19. The van der Waals surface area contributed by atoms with Gasteiger partial charge in [-0.25, -0.2) is 0 Å². The van der Waals surface area contributed by atoms with Crippen molar-refractivity contribution in [3.63, 3.8) is 0 Å². The molecule has 2 aromatic rings. The van der Waals surface area contributed by atoms with Gasteiger partial charge in [-0.15, -0.1) is 0 Å². The largest absolute Gasteiger partial charge is 0.493 e. The van der Waals surface area contributed by atoms with Crippen LogP contribution in [0, 0.1) is 59.6 Å². The van der Waals surface area contributed by atoms with Gasteiger partial charge in [-0.3, -0.25) is 0 Å². The number of rotatable bonds is 45. The predicted molar refractivity (Wildman–Crippen MR) is 416 cm³/mol. The van der Waals surface area contributed by atoms with E-state index in [0.29, 0.717) is 46.9 Å². The summed E-state index contributed by atoms with van der Waals surface area (Å²) in [7, 11) is 0. The fraction of sp³-hybridized carbons (Fsp3) is 0.860. The molecule has 0 unspecified atom stereocenters.